The highest BCUT2D eigenvalue weighted by atomic mass is 35.5. The molecule has 0 spiro atoms. The monoisotopic (exact) mass is 244 g/mol. The fourth-order valence-electron chi connectivity index (χ4n) is 2.10. The Hall–Kier alpha value is -0.0500. The first-order valence-corrected chi connectivity index (χ1v) is 6.97. The molecule has 0 bridgehead atoms. The van der Waals surface area contributed by atoms with E-state index < -0.39 is 0 Å². The number of halogens is 1. The summed E-state index contributed by atoms with van der Waals surface area (Å²) >= 11 is 7.90. The van der Waals surface area contributed by atoms with E-state index in [0.29, 0.717) is 5.41 Å². The van der Waals surface area contributed by atoms with Crippen LogP contribution in [0, 0.1) is 5.41 Å². The van der Waals surface area contributed by atoms with Crippen molar-refractivity contribution >= 4 is 22.9 Å². The molecule has 1 nitrogen and oxygen atoms in total. The zero-order valence-corrected chi connectivity index (χ0v) is 10.4. The number of hydrogen-bond acceptors (Lipinski definition) is 2. The van der Waals surface area contributed by atoms with E-state index in [0.717, 1.165) is 38.4 Å². The predicted octanol–water partition coefficient (Wildman–Crippen LogP) is 3.72. The maximum atomic E-state index is 6.12. The van der Waals surface area contributed by atoms with Gasteiger partial charge in [0.15, 0.2) is 0 Å². The minimum Gasteiger partial charge on any atom is -0.381 e. The van der Waals surface area contributed by atoms with E-state index in [2.05, 4.69) is 16.8 Å². The molecule has 3 heteroatoms. The first-order chi connectivity index (χ1) is 7.35. The molecule has 1 aliphatic rings. The lowest BCUT2D eigenvalue weighted by Gasteiger charge is -2.35. The van der Waals surface area contributed by atoms with Crippen molar-refractivity contribution in [2.45, 2.75) is 25.7 Å². The molecule has 1 aromatic rings. The fraction of sp³-hybridized carbons (Fsp3) is 0.667. The Balaban J connectivity index is 1.89. The normalized spacial score (nSPS) is 20.3. The lowest BCUT2D eigenvalue weighted by Crippen LogP contribution is -2.31. The van der Waals surface area contributed by atoms with Crippen LogP contribution in [0.1, 0.15) is 24.8 Å². The van der Waals surface area contributed by atoms with E-state index >= 15 is 0 Å². The van der Waals surface area contributed by atoms with E-state index in [1.807, 2.05) is 0 Å². The van der Waals surface area contributed by atoms with Gasteiger partial charge in [-0.05, 0) is 53.5 Å². The first kappa shape index (κ1) is 11.4. The molecule has 2 heterocycles. The Bertz CT molecular complexity index is 278. The second-order valence-electron chi connectivity index (χ2n) is 4.38. The van der Waals surface area contributed by atoms with E-state index in [9.17, 15) is 0 Å². The fourth-order valence-corrected chi connectivity index (χ4v) is 3.20. The van der Waals surface area contributed by atoms with E-state index in [-0.39, 0.29) is 0 Å². The first-order valence-electron chi connectivity index (χ1n) is 5.49. The summed E-state index contributed by atoms with van der Waals surface area (Å²) in [5.74, 6) is 0.778. The molecule has 1 aliphatic heterocycles. The Morgan fingerprint density at radius 2 is 2.20 bits per heavy atom. The number of alkyl halides is 1. The van der Waals surface area contributed by atoms with Crippen molar-refractivity contribution in [3.05, 3.63) is 22.4 Å². The predicted molar refractivity (Wildman–Crippen MR) is 65.8 cm³/mol. The van der Waals surface area contributed by atoms with Crippen molar-refractivity contribution in [1.29, 1.82) is 0 Å². The van der Waals surface area contributed by atoms with Crippen molar-refractivity contribution in [3.63, 3.8) is 0 Å². The molecule has 1 saturated heterocycles. The highest BCUT2D eigenvalue weighted by Crippen LogP contribution is 2.36. The summed E-state index contributed by atoms with van der Waals surface area (Å²) < 4.78 is 5.41. The van der Waals surface area contributed by atoms with Crippen LogP contribution in [0.5, 0.6) is 0 Å². The molecule has 0 aliphatic carbocycles. The van der Waals surface area contributed by atoms with Gasteiger partial charge in [-0.25, -0.2) is 0 Å². The summed E-state index contributed by atoms with van der Waals surface area (Å²) in [5.41, 5.74) is 1.79. The zero-order valence-electron chi connectivity index (χ0n) is 8.88. The molecule has 0 N–H and O–H groups in total. The van der Waals surface area contributed by atoms with E-state index in [1.165, 1.54) is 12.0 Å². The molecule has 1 aromatic heterocycles. The van der Waals surface area contributed by atoms with Crippen molar-refractivity contribution in [1.82, 2.24) is 0 Å². The smallest absolute Gasteiger partial charge is 0.0471 e. The van der Waals surface area contributed by atoms with Crippen LogP contribution in [0.3, 0.4) is 0 Å². The van der Waals surface area contributed by atoms with Crippen LogP contribution in [0.25, 0.3) is 0 Å². The third-order valence-electron chi connectivity index (χ3n) is 3.36. The second-order valence-corrected chi connectivity index (χ2v) is 5.42. The van der Waals surface area contributed by atoms with Crippen LogP contribution in [0.15, 0.2) is 16.8 Å². The highest BCUT2D eigenvalue weighted by Gasteiger charge is 2.31. The third kappa shape index (κ3) is 2.96. The van der Waals surface area contributed by atoms with Gasteiger partial charge in [0.25, 0.3) is 0 Å². The molecule has 84 valence electrons. The van der Waals surface area contributed by atoms with Gasteiger partial charge in [-0.15, -0.1) is 11.6 Å². The maximum absolute atomic E-state index is 6.12. The van der Waals surface area contributed by atoms with Crippen molar-refractivity contribution in [3.8, 4) is 0 Å². The van der Waals surface area contributed by atoms with Gasteiger partial charge in [0.05, 0.1) is 0 Å². The molecular weight excluding hydrogens is 228 g/mol. The lowest BCUT2D eigenvalue weighted by molar-refractivity contribution is 0.0217. The minimum atomic E-state index is 0.335. The number of thiophene rings is 1. The van der Waals surface area contributed by atoms with Crippen molar-refractivity contribution in [2.24, 2.45) is 5.41 Å². The number of hydrogen-bond donors (Lipinski definition) is 0. The van der Waals surface area contributed by atoms with Gasteiger partial charge in [-0.3, -0.25) is 0 Å². The number of ether oxygens (including phenoxy) is 1. The van der Waals surface area contributed by atoms with Crippen LogP contribution in [0.2, 0.25) is 0 Å². The molecule has 0 atom stereocenters. The van der Waals surface area contributed by atoms with Gasteiger partial charge in [-0.2, -0.15) is 11.3 Å². The summed E-state index contributed by atoms with van der Waals surface area (Å²) in [4.78, 5) is 0. The van der Waals surface area contributed by atoms with E-state index in [1.54, 1.807) is 11.3 Å². The maximum Gasteiger partial charge on any atom is 0.0471 e. The number of aryl methyl sites for hydroxylation is 1. The third-order valence-corrected chi connectivity index (χ3v) is 4.66. The summed E-state index contributed by atoms with van der Waals surface area (Å²) in [7, 11) is 0. The van der Waals surface area contributed by atoms with Crippen LogP contribution >= 0.6 is 22.9 Å². The molecule has 0 unspecified atom stereocenters. The van der Waals surface area contributed by atoms with Gasteiger partial charge < -0.3 is 4.74 Å². The highest BCUT2D eigenvalue weighted by molar-refractivity contribution is 7.07. The van der Waals surface area contributed by atoms with Crippen LogP contribution in [-0.4, -0.2) is 19.1 Å². The summed E-state index contributed by atoms with van der Waals surface area (Å²) in [5, 5.41) is 4.38. The SMILES string of the molecule is ClCC1(CCc2ccsc2)CCOCC1. The average Bonchev–Trinajstić information content (AvgIpc) is 2.81. The summed E-state index contributed by atoms with van der Waals surface area (Å²) in [6.07, 6.45) is 4.62. The molecule has 15 heavy (non-hydrogen) atoms. The van der Waals surface area contributed by atoms with Crippen LogP contribution in [0.4, 0.5) is 0 Å². The second kappa shape index (κ2) is 5.33. The zero-order chi connectivity index (χ0) is 10.6. The van der Waals surface area contributed by atoms with Gasteiger partial charge in [0.2, 0.25) is 0 Å². The molecule has 2 rings (SSSR count). The largest absolute Gasteiger partial charge is 0.381 e. The molecular formula is C12H17ClOS. The Labute approximate surface area is 100 Å². The Morgan fingerprint density at radius 3 is 2.80 bits per heavy atom. The number of rotatable bonds is 4. The average molecular weight is 245 g/mol. The lowest BCUT2D eigenvalue weighted by atomic mass is 9.77. The molecule has 0 amide bonds. The quantitative estimate of drug-likeness (QED) is 0.734. The van der Waals surface area contributed by atoms with Gasteiger partial charge >= 0.3 is 0 Å². The van der Waals surface area contributed by atoms with Gasteiger partial charge in [-0.1, -0.05) is 0 Å². The van der Waals surface area contributed by atoms with Gasteiger partial charge in [0, 0.05) is 19.1 Å². The van der Waals surface area contributed by atoms with Crippen molar-refractivity contribution < 1.29 is 4.74 Å². The molecule has 0 aromatic carbocycles. The van der Waals surface area contributed by atoms with Crippen LogP contribution in [-0.2, 0) is 11.2 Å². The van der Waals surface area contributed by atoms with Crippen molar-refractivity contribution in [2.75, 3.05) is 19.1 Å². The molecule has 0 radical (unpaired) electrons. The topological polar surface area (TPSA) is 9.23 Å². The molecule has 0 saturated carbocycles. The van der Waals surface area contributed by atoms with E-state index in [4.69, 9.17) is 16.3 Å². The standard InChI is InChI=1S/C12H17ClOS/c13-10-12(4-6-14-7-5-12)3-1-11-2-8-15-9-11/h2,8-9H,1,3-7,10H2. The Kier molecular flexibility index (Phi) is 4.06. The molecule has 1 fully saturated rings. The summed E-state index contributed by atoms with van der Waals surface area (Å²) in [6.45, 7) is 1.77. The minimum absolute atomic E-state index is 0.335. The van der Waals surface area contributed by atoms with Gasteiger partial charge in [0.1, 0.15) is 0 Å². The summed E-state index contributed by atoms with van der Waals surface area (Å²) in [6, 6.07) is 2.21. The van der Waals surface area contributed by atoms with Crippen LogP contribution < -0.4 is 0 Å². The Morgan fingerprint density at radius 1 is 1.40 bits per heavy atom.